The Labute approximate surface area is 94.6 Å². The third kappa shape index (κ3) is 1.93. The minimum atomic E-state index is -1.03. The van der Waals surface area contributed by atoms with Gasteiger partial charge >= 0.3 is 0 Å². The molecule has 0 aliphatic heterocycles. The van der Waals surface area contributed by atoms with E-state index in [1.807, 2.05) is 36.4 Å². The average molecular weight is 216 g/mol. The molecule has 84 valence electrons. The predicted molar refractivity (Wildman–Crippen MR) is 66.1 cm³/mol. The molecule has 0 saturated carbocycles. The number of rotatable bonds is 1. The first-order valence-electron chi connectivity index (χ1n) is 5.09. The fourth-order valence-electron chi connectivity index (χ4n) is 1.73. The summed E-state index contributed by atoms with van der Waals surface area (Å²) in [5, 5.41) is 0. The van der Waals surface area contributed by atoms with Gasteiger partial charge in [0.15, 0.2) is 0 Å². The molecule has 0 fully saturated rings. The van der Waals surface area contributed by atoms with E-state index in [9.17, 15) is 0 Å². The molecule has 1 atom stereocenters. The predicted octanol–water partition coefficient (Wildman–Crippen LogP) is 0.379. The van der Waals surface area contributed by atoms with Crippen LogP contribution in [-0.4, -0.2) is 5.66 Å². The Balaban J connectivity index is 2.33. The normalized spacial score (nSPS) is 22.9. The zero-order chi connectivity index (χ0) is 11.8. The molecule has 0 radical (unpaired) electrons. The molecule has 16 heavy (non-hydrogen) atoms. The van der Waals surface area contributed by atoms with Gasteiger partial charge in [-0.05, 0) is 23.8 Å². The maximum absolute atomic E-state index is 5.81. The van der Waals surface area contributed by atoms with Crippen LogP contribution in [0.25, 0.3) is 0 Å². The summed E-state index contributed by atoms with van der Waals surface area (Å²) in [5.41, 5.74) is 24.3. The molecule has 1 aromatic carbocycles. The third-order valence-electron chi connectivity index (χ3n) is 2.73. The molecule has 1 aromatic rings. The fourth-order valence-corrected chi connectivity index (χ4v) is 1.73. The van der Waals surface area contributed by atoms with Gasteiger partial charge in [-0.2, -0.15) is 0 Å². The molecular weight excluding hydrogens is 200 g/mol. The summed E-state index contributed by atoms with van der Waals surface area (Å²) in [6, 6.07) is 7.67. The maximum atomic E-state index is 5.81. The zero-order valence-corrected chi connectivity index (χ0v) is 8.93. The molecule has 0 amide bonds. The Morgan fingerprint density at radius 1 is 1.12 bits per heavy atom. The summed E-state index contributed by atoms with van der Waals surface area (Å²) in [6.45, 7) is 0. The largest absolute Gasteiger partial charge is 0.399 e. The van der Waals surface area contributed by atoms with Crippen molar-refractivity contribution in [3.8, 4) is 0 Å². The van der Waals surface area contributed by atoms with E-state index in [1.165, 1.54) is 0 Å². The lowest BCUT2D eigenvalue weighted by molar-refractivity contribution is 0.621. The lowest BCUT2D eigenvalue weighted by Gasteiger charge is -2.27. The van der Waals surface area contributed by atoms with E-state index in [0.29, 0.717) is 5.70 Å². The molecule has 1 aliphatic carbocycles. The lowest BCUT2D eigenvalue weighted by Crippen LogP contribution is -2.52. The van der Waals surface area contributed by atoms with Crippen LogP contribution in [0.2, 0.25) is 0 Å². The smallest absolute Gasteiger partial charge is 0.124 e. The number of allylic oxidation sites excluding steroid dienone is 2. The van der Waals surface area contributed by atoms with E-state index < -0.39 is 5.66 Å². The highest BCUT2D eigenvalue weighted by molar-refractivity contribution is 5.46. The van der Waals surface area contributed by atoms with E-state index in [2.05, 4.69) is 0 Å². The van der Waals surface area contributed by atoms with Crippen molar-refractivity contribution in [3.05, 3.63) is 53.8 Å². The van der Waals surface area contributed by atoms with Crippen LogP contribution in [0.1, 0.15) is 11.5 Å². The molecule has 1 unspecified atom stereocenters. The minimum absolute atomic E-state index is 0.0868. The van der Waals surface area contributed by atoms with E-state index >= 15 is 0 Å². The Morgan fingerprint density at radius 3 is 2.50 bits per heavy atom. The van der Waals surface area contributed by atoms with Crippen molar-refractivity contribution in [3.63, 3.8) is 0 Å². The summed E-state index contributed by atoms with van der Waals surface area (Å²) < 4.78 is 0. The first kappa shape index (κ1) is 10.7. The Hall–Kier alpha value is -1.78. The molecule has 8 N–H and O–H groups in total. The minimum Gasteiger partial charge on any atom is -0.399 e. The van der Waals surface area contributed by atoms with Crippen LogP contribution in [0.3, 0.4) is 0 Å². The summed E-state index contributed by atoms with van der Waals surface area (Å²) in [6.07, 6.45) is 5.51. The van der Waals surface area contributed by atoms with Crippen LogP contribution in [0.4, 0.5) is 5.69 Å². The topological polar surface area (TPSA) is 104 Å². The van der Waals surface area contributed by atoms with Crippen molar-refractivity contribution < 1.29 is 0 Å². The molecule has 0 heterocycles. The number of hydrogen-bond donors (Lipinski definition) is 4. The highest BCUT2D eigenvalue weighted by Crippen LogP contribution is 2.27. The average Bonchev–Trinajstić information content (AvgIpc) is 2.22. The molecular formula is C12H16N4. The lowest BCUT2D eigenvalue weighted by atomic mass is 9.89. The van der Waals surface area contributed by atoms with Gasteiger partial charge in [-0.1, -0.05) is 24.3 Å². The molecule has 0 spiro atoms. The quantitative estimate of drug-likeness (QED) is 0.309. The number of anilines is 1. The second kappa shape index (κ2) is 3.66. The van der Waals surface area contributed by atoms with Gasteiger partial charge in [0.1, 0.15) is 5.66 Å². The van der Waals surface area contributed by atoms with Crippen LogP contribution in [0.5, 0.6) is 0 Å². The van der Waals surface area contributed by atoms with Crippen molar-refractivity contribution >= 4 is 5.69 Å². The molecule has 4 heteroatoms. The molecule has 0 aromatic heterocycles. The monoisotopic (exact) mass is 216 g/mol. The first-order chi connectivity index (χ1) is 7.49. The highest BCUT2D eigenvalue weighted by Gasteiger charge is 2.24. The first-order valence-corrected chi connectivity index (χ1v) is 5.09. The summed E-state index contributed by atoms with van der Waals surface area (Å²) in [5.74, 6) is 0.0868. The number of nitrogen functional groups attached to an aromatic ring is 1. The van der Waals surface area contributed by atoms with Gasteiger partial charge in [-0.3, -0.25) is 0 Å². The van der Waals surface area contributed by atoms with Crippen LogP contribution >= 0.6 is 0 Å². The van der Waals surface area contributed by atoms with Gasteiger partial charge in [-0.15, -0.1) is 0 Å². The maximum Gasteiger partial charge on any atom is 0.124 e. The number of hydrogen-bond acceptors (Lipinski definition) is 4. The van der Waals surface area contributed by atoms with Gasteiger partial charge in [0.2, 0.25) is 0 Å². The Kier molecular flexibility index (Phi) is 2.46. The van der Waals surface area contributed by atoms with Gasteiger partial charge < -0.3 is 22.9 Å². The summed E-state index contributed by atoms with van der Waals surface area (Å²) in [4.78, 5) is 0. The Morgan fingerprint density at radius 2 is 1.88 bits per heavy atom. The molecule has 1 aliphatic rings. The standard InChI is InChI=1S/C12H16N4/c13-10-3-1-2-8(6-10)9-4-5-12(15,16)11(14)7-9/h1-7,9H,13-16H2. The van der Waals surface area contributed by atoms with Crippen molar-refractivity contribution in [1.82, 2.24) is 0 Å². The van der Waals surface area contributed by atoms with Crippen LogP contribution in [-0.2, 0) is 0 Å². The van der Waals surface area contributed by atoms with E-state index in [4.69, 9.17) is 22.9 Å². The van der Waals surface area contributed by atoms with E-state index in [0.717, 1.165) is 11.3 Å². The molecule has 4 nitrogen and oxygen atoms in total. The molecule has 0 bridgehead atoms. The van der Waals surface area contributed by atoms with Crippen LogP contribution in [0, 0.1) is 0 Å². The van der Waals surface area contributed by atoms with Crippen molar-refractivity contribution in [1.29, 1.82) is 0 Å². The SMILES string of the molecule is NC1=CC(c2cccc(N)c2)C=CC1(N)N. The fraction of sp³-hybridized carbons (Fsp3) is 0.167. The highest BCUT2D eigenvalue weighted by atomic mass is 15.0. The number of benzene rings is 1. The summed E-state index contributed by atoms with van der Waals surface area (Å²) >= 11 is 0. The van der Waals surface area contributed by atoms with Gasteiger partial charge in [0.25, 0.3) is 0 Å². The Bertz CT molecular complexity index is 460. The summed E-state index contributed by atoms with van der Waals surface area (Å²) in [7, 11) is 0. The van der Waals surface area contributed by atoms with Crippen LogP contribution in [0.15, 0.2) is 48.2 Å². The zero-order valence-electron chi connectivity index (χ0n) is 8.93. The van der Waals surface area contributed by atoms with Gasteiger partial charge in [-0.25, -0.2) is 0 Å². The molecule has 0 saturated heterocycles. The van der Waals surface area contributed by atoms with Crippen LogP contribution < -0.4 is 22.9 Å². The van der Waals surface area contributed by atoms with Crippen molar-refractivity contribution in [2.45, 2.75) is 11.6 Å². The van der Waals surface area contributed by atoms with Gasteiger partial charge in [0, 0.05) is 17.3 Å². The van der Waals surface area contributed by atoms with E-state index in [-0.39, 0.29) is 5.92 Å². The van der Waals surface area contributed by atoms with E-state index in [1.54, 1.807) is 6.08 Å². The van der Waals surface area contributed by atoms with Crippen molar-refractivity contribution in [2.75, 3.05) is 5.73 Å². The molecule has 2 rings (SSSR count). The second-order valence-electron chi connectivity index (χ2n) is 4.11. The van der Waals surface area contributed by atoms with Crippen molar-refractivity contribution in [2.24, 2.45) is 17.2 Å². The second-order valence-corrected chi connectivity index (χ2v) is 4.11. The van der Waals surface area contributed by atoms with Gasteiger partial charge in [0.05, 0.1) is 0 Å². The third-order valence-corrected chi connectivity index (χ3v) is 2.73. The number of nitrogens with two attached hydrogens (primary N) is 4.